The Hall–Kier alpha value is -0.790. The van der Waals surface area contributed by atoms with Gasteiger partial charge in [0.25, 0.3) is 0 Å². The van der Waals surface area contributed by atoms with Gasteiger partial charge in [0.1, 0.15) is 6.54 Å². The summed E-state index contributed by atoms with van der Waals surface area (Å²) >= 11 is 3.29. The normalized spacial score (nSPS) is 11.7. The Morgan fingerprint density at radius 3 is 2.65 bits per heavy atom. The van der Waals surface area contributed by atoms with Gasteiger partial charge in [-0.3, -0.25) is 0 Å². The average Bonchev–Trinajstić information content (AvgIpc) is 2.34. The molecule has 0 spiro atoms. The number of benzene rings is 1. The number of anilines is 1. The number of nitrogens with one attached hydrogen (secondary N) is 1. The summed E-state index contributed by atoms with van der Waals surface area (Å²) in [5.41, 5.74) is 1.37. The lowest BCUT2D eigenvalue weighted by Gasteiger charge is -2.24. The van der Waals surface area contributed by atoms with Gasteiger partial charge in [-0.05, 0) is 17.7 Å². The van der Waals surface area contributed by atoms with Gasteiger partial charge in [0.05, 0.1) is 6.61 Å². The van der Waals surface area contributed by atoms with E-state index in [-0.39, 0.29) is 0 Å². The van der Waals surface area contributed by atoms with Crippen LogP contribution in [0, 0.1) is 0 Å². The van der Waals surface area contributed by atoms with Crippen LogP contribution in [0.2, 0.25) is 0 Å². The molecule has 1 aromatic rings. The van der Waals surface area contributed by atoms with Crippen molar-refractivity contribution in [2.45, 2.75) is 12.7 Å². The summed E-state index contributed by atoms with van der Waals surface area (Å²) in [7, 11) is 3.04. The van der Waals surface area contributed by atoms with E-state index in [1.165, 1.54) is 11.9 Å². The van der Waals surface area contributed by atoms with E-state index < -0.39 is 12.7 Å². The molecule has 0 aliphatic carbocycles. The van der Waals surface area contributed by atoms with Crippen molar-refractivity contribution in [3.05, 3.63) is 28.2 Å². The maximum Gasteiger partial charge on any atom is 0.405 e. The Morgan fingerprint density at radius 2 is 2.05 bits per heavy atom. The molecule has 1 aromatic carbocycles. The summed E-state index contributed by atoms with van der Waals surface area (Å²) in [6, 6.07) is 5.32. The van der Waals surface area contributed by atoms with Gasteiger partial charge in [0.2, 0.25) is 0 Å². The number of nitrogens with zero attached hydrogens (tertiary/aromatic N) is 1. The summed E-state index contributed by atoms with van der Waals surface area (Å²) in [6.45, 7) is 0.724. The third kappa shape index (κ3) is 6.11. The number of alkyl halides is 3. The molecule has 0 radical (unpaired) electrons. The maximum absolute atomic E-state index is 12.5. The van der Waals surface area contributed by atoms with E-state index in [1.807, 2.05) is 12.1 Å². The van der Waals surface area contributed by atoms with E-state index in [1.54, 1.807) is 13.2 Å². The zero-order valence-corrected chi connectivity index (χ0v) is 13.0. The van der Waals surface area contributed by atoms with Crippen LogP contribution in [0.5, 0.6) is 0 Å². The van der Waals surface area contributed by atoms with E-state index in [0.29, 0.717) is 25.4 Å². The molecular formula is C13H18BrF3N2O. The highest BCUT2D eigenvalue weighted by molar-refractivity contribution is 9.10. The summed E-state index contributed by atoms with van der Waals surface area (Å²) in [5, 5.41) is 3.13. The molecule has 1 rings (SSSR count). The van der Waals surface area contributed by atoms with E-state index in [2.05, 4.69) is 21.2 Å². The molecule has 114 valence electrons. The maximum atomic E-state index is 12.5. The van der Waals surface area contributed by atoms with Gasteiger partial charge in [-0.2, -0.15) is 13.2 Å². The summed E-state index contributed by atoms with van der Waals surface area (Å²) in [5.74, 6) is 0. The average molecular weight is 355 g/mol. The molecule has 0 amide bonds. The van der Waals surface area contributed by atoms with Crippen molar-refractivity contribution < 1.29 is 17.9 Å². The molecular weight excluding hydrogens is 337 g/mol. The lowest BCUT2D eigenvalue weighted by atomic mass is 10.1. The minimum absolute atomic E-state index is 0.494. The topological polar surface area (TPSA) is 24.5 Å². The first-order chi connectivity index (χ1) is 9.33. The largest absolute Gasteiger partial charge is 0.405 e. The van der Waals surface area contributed by atoms with Crippen LogP contribution in [-0.4, -0.2) is 40.0 Å². The Kier molecular flexibility index (Phi) is 6.78. The predicted octanol–water partition coefficient (Wildman–Crippen LogP) is 3.18. The second kappa shape index (κ2) is 7.85. The lowest BCUT2D eigenvalue weighted by molar-refractivity contribution is -0.119. The van der Waals surface area contributed by atoms with Gasteiger partial charge < -0.3 is 15.0 Å². The van der Waals surface area contributed by atoms with Gasteiger partial charge >= 0.3 is 6.18 Å². The van der Waals surface area contributed by atoms with E-state index in [4.69, 9.17) is 4.74 Å². The third-order valence-electron chi connectivity index (χ3n) is 2.67. The van der Waals surface area contributed by atoms with Crippen LogP contribution >= 0.6 is 15.9 Å². The van der Waals surface area contributed by atoms with E-state index >= 15 is 0 Å². The summed E-state index contributed by atoms with van der Waals surface area (Å²) in [6.07, 6.45) is -4.22. The van der Waals surface area contributed by atoms with Gasteiger partial charge in [-0.15, -0.1) is 0 Å². The van der Waals surface area contributed by atoms with Gasteiger partial charge in [-0.1, -0.05) is 22.0 Å². The zero-order valence-electron chi connectivity index (χ0n) is 11.4. The molecule has 0 fully saturated rings. The van der Waals surface area contributed by atoms with Crippen LogP contribution in [0.4, 0.5) is 18.9 Å². The molecule has 0 bridgehead atoms. The number of methoxy groups -OCH3 is 1. The Labute approximate surface area is 125 Å². The third-order valence-corrected chi connectivity index (χ3v) is 3.17. The van der Waals surface area contributed by atoms with Gasteiger partial charge in [0.15, 0.2) is 0 Å². The number of ether oxygens (including phenoxy) is 1. The van der Waals surface area contributed by atoms with Crippen molar-refractivity contribution in [1.82, 2.24) is 5.32 Å². The van der Waals surface area contributed by atoms with Crippen molar-refractivity contribution in [3.8, 4) is 0 Å². The first kappa shape index (κ1) is 17.3. The number of hydrogen-bond acceptors (Lipinski definition) is 3. The highest BCUT2D eigenvalue weighted by Crippen LogP contribution is 2.27. The molecule has 0 unspecified atom stereocenters. The molecule has 0 heterocycles. The molecule has 0 atom stereocenters. The summed E-state index contributed by atoms with van der Waals surface area (Å²) < 4.78 is 43.1. The van der Waals surface area contributed by atoms with E-state index in [0.717, 1.165) is 10.0 Å². The predicted molar refractivity (Wildman–Crippen MR) is 77.0 cm³/mol. The Bertz CT molecular complexity index is 427. The standard InChI is InChI=1S/C13H18BrF3N2O/c1-19(9-13(15,16)17)12-7-11(14)4-3-10(12)8-18-5-6-20-2/h3-4,7,18H,5-6,8-9H2,1-2H3. The second-order valence-electron chi connectivity index (χ2n) is 4.41. The molecule has 0 aliphatic heterocycles. The summed E-state index contributed by atoms with van der Waals surface area (Å²) in [4.78, 5) is 1.21. The van der Waals surface area contributed by atoms with Crippen LogP contribution in [0.1, 0.15) is 5.56 Å². The smallest absolute Gasteiger partial charge is 0.383 e. The molecule has 0 aliphatic rings. The number of halogens is 4. The molecule has 20 heavy (non-hydrogen) atoms. The highest BCUT2D eigenvalue weighted by atomic mass is 79.9. The van der Waals surface area contributed by atoms with Crippen LogP contribution in [0.25, 0.3) is 0 Å². The van der Waals surface area contributed by atoms with Crippen molar-refractivity contribution in [2.75, 3.05) is 38.8 Å². The fourth-order valence-corrected chi connectivity index (χ4v) is 2.14. The monoisotopic (exact) mass is 354 g/mol. The van der Waals surface area contributed by atoms with Crippen molar-refractivity contribution in [2.24, 2.45) is 0 Å². The Morgan fingerprint density at radius 1 is 1.35 bits per heavy atom. The molecule has 0 saturated heterocycles. The minimum atomic E-state index is -4.22. The highest BCUT2D eigenvalue weighted by Gasteiger charge is 2.30. The first-order valence-corrected chi connectivity index (χ1v) is 6.89. The SMILES string of the molecule is COCCNCc1ccc(Br)cc1N(C)CC(F)(F)F. The number of rotatable bonds is 7. The number of hydrogen-bond donors (Lipinski definition) is 1. The van der Waals surface area contributed by atoms with E-state index in [9.17, 15) is 13.2 Å². The molecule has 7 heteroatoms. The molecule has 1 N–H and O–H groups in total. The van der Waals surface area contributed by atoms with Crippen molar-refractivity contribution >= 4 is 21.6 Å². The quantitative estimate of drug-likeness (QED) is 0.761. The molecule has 0 saturated carbocycles. The van der Waals surface area contributed by atoms with Crippen LogP contribution in [0.3, 0.4) is 0 Å². The fraction of sp³-hybridized carbons (Fsp3) is 0.538. The van der Waals surface area contributed by atoms with Crippen LogP contribution < -0.4 is 10.2 Å². The molecule has 0 aromatic heterocycles. The lowest BCUT2D eigenvalue weighted by Crippen LogP contribution is -2.32. The van der Waals surface area contributed by atoms with Crippen molar-refractivity contribution in [1.29, 1.82) is 0 Å². The second-order valence-corrected chi connectivity index (χ2v) is 5.33. The first-order valence-electron chi connectivity index (χ1n) is 6.09. The zero-order chi connectivity index (χ0) is 15.2. The minimum Gasteiger partial charge on any atom is -0.383 e. The van der Waals surface area contributed by atoms with Gasteiger partial charge in [-0.25, -0.2) is 0 Å². The molecule has 3 nitrogen and oxygen atoms in total. The van der Waals surface area contributed by atoms with Crippen molar-refractivity contribution in [3.63, 3.8) is 0 Å². The van der Waals surface area contributed by atoms with Crippen LogP contribution in [0.15, 0.2) is 22.7 Å². The van der Waals surface area contributed by atoms with Crippen LogP contribution in [-0.2, 0) is 11.3 Å². The Balaban J connectivity index is 2.79. The fourth-order valence-electron chi connectivity index (χ4n) is 1.79. The van der Waals surface area contributed by atoms with Gasteiger partial charge in [0, 0.05) is 37.4 Å².